The molecule has 2 aliphatic heterocycles. The molecule has 2 aliphatic rings. The molecule has 0 bridgehead atoms. The van der Waals surface area contributed by atoms with Crippen molar-refractivity contribution >= 4 is 0 Å². The molecule has 0 amide bonds. The van der Waals surface area contributed by atoms with Crippen LogP contribution in [0.15, 0.2) is 0 Å². The van der Waals surface area contributed by atoms with Crippen LogP contribution in [0.1, 0.15) is 12.8 Å². The van der Waals surface area contributed by atoms with Gasteiger partial charge < -0.3 is 9.64 Å². The quantitative estimate of drug-likeness (QED) is 0.685. The first-order chi connectivity index (χ1) is 7.81. The van der Waals surface area contributed by atoms with Crippen LogP contribution < -0.4 is 0 Å². The zero-order valence-corrected chi connectivity index (χ0v) is 10.1. The van der Waals surface area contributed by atoms with Crippen LogP contribution >= 0.6 is 0 Å². The van der Waals surface area contributed by atoms with Crippen molar-refractivity contribution in [3.05, 3.63) is 0 Å². The molecule has 0 aromatic heterocycles. The van der Waals surface area contributed by atoms with Crippen LogP contribution in [-0.2, 0) is 4.74 Å². The van der Waals surface area contributed by atoms with Crippen molar-refractivity contribution in [2.45, 2.75) is 18.9 Å². The van der Waals surface area contributed by atoms with Gasteiger partial charge >= 0.3 is 0 Å². The first-order valence-electron chi connectivity index (χ1n) is 6.21. The molecular weight excluding hydrogens is 202 g/mol. The summed E-state index contributed by atoms with van der Waals surface area (Å²) in [6.07, 6.45) is 2.09. The van der Waals surface area contributed by atoms with Crippen LogP contribution in [0.4, 0.5) is 0 Å². The highest BCUT2D eigenvalue weighted by Gasteiger charge is 2.30. The average Bonchev–Trinajstić information content (AvgIpc) is 2.34. The maximum absolute atomic E-state index is 9.35. The van der Waals surface area contributed by atoms with Gasteiger partial charge in [0.1, 0.15) is 6.04 Å². The van der Waals surface area contributed by atoms with Crippen molar-refractivity contribution in [3.8, 4) is 6.07 Å². The molecule has 0 spiro atoms. The minimum Gasteiger partial charge on any atom is -0.381 e. The summed E-state index contributed by atoms with van der Waals surface area (Å²) >= 11 is 0. The largest absolute Gasteiger partial charge is 0.381 e. The Bertz CT molecular complexity index is 249. The van der Waals surface area contributed by atoms with Gasteiger partial charge in [-0.15, -0.1) is 0 Å². The van der Waals surface area contributed by atoms with Gasteiger partial charge in [0.2, 0.25) is 0 Å². The molecule has 0 aromatic carbocycles. The third kappa shape index (κ3) is 2.73. The Morgan fingerprint density at radius 2 is 1.81 bits per heavy atom. The maximum atomic E-state index is 9.35. The Hall–Kier alpha value is -0.630. The lowest BCUT2D eigenvalue weighted by molar-refractivity contribution is 0.0279. The van der Waals surface area contributed by atoms with E-state index in [4.69, 9.17) is 4.74 Å². The zero-order chi connectivity index (χ0) is 11.4. The van der Waals surface area contributed by atoms with E-state index < -0.39 is 0 Å². The second kappa shape index (κ2) is 5.62. The van der Waals surface area contributed by atoms with E-state index in [-0.39, 0.29) is 6.04 Å². The minimum atomic E-state index is 0.109. The van der Waals surface area contributed by atoms with E-state index >= 15 is 0 Å². The molecule has 0 N–H and O–H groups in total. The summed E-state index contributed by atoms with van der Waals surface area (Å²) in [5.74, 6) is 0.516. The molecule has 1 atom stereocenters. The average molecular weight is 223 g/mol. The van der Waals surface area contributed by atoms with Crippen molar-refractivity contribution in [1.29, 1.82) is 5.26 Å². The van der Waals surface area contributed by atoms with E-state index in [1.165, 1.54) is 0 Å². The van der Waals surface area contributed by atoms with Gasteiger partial charge in [-0.05, 0) is 25.8 Å². The van der Waals surface area contributed by atoms with Gasteiger partial charge in [0, 0.05) is 39.4 Å². The van der Waals surface area contributed by atoms with E-state index in [1.807, 2.05) is 0 Å². The van der Waals surface area contributed by atoms with Crippen LogP contribution in [0.25, 0.3) is 0 Å². The van der Waals surface area contributed by atoms with E-state index in [9.17, 15) is 5.26 Å². The number of hydrogen-bond acceptors (Lipinski definition) is 4. The summed E-state index contributed by atoms with van der Waals surface area (Å²) in [6.45, 7) is 5.90. The summed E-state index contributed by atoms with van der Waals surface area (Å²) in [5.41, 5.74) is 0. The second-order valence-electron chi connectivity index (χ2n) is 4.86. The Morgan fingerprint density at radius 3 is 2.38 bits per heavy atom. The molecule has 2 saturated heterocycles. The molecular formula is C12H21N3O. The fourth-order valence-corrected chi connectivity index (χ4v) is 2.62. The van der Waals surface area contributed by atoms with Gasteiger partial charge in [0.25, 0.3) is 0 Å². The number of nitriles is 1. The Morgan fingerprint density at radius 1 is 1.19 bits per heavy atom. The molecule has 90 valence electrons. The van der Waals surface area contributed by atoms with E-state index in [0.29, 0.717) is 5.92 Å². The fraction of sp³-hybridized carbons (Fsp3) is 0.917. The summed E-state index contributed by atoms with van der Waals surface area (Å²) in [5, 5.41) is 9.35. The summed E-state index contributed by atoms with van der Waals surface area (Å²) in [4.78, 5) is 4.69. The highest BCUT2D eigenvalue weighted by atomic mass is 16.5. The Kier molecular flexibility index (Phi) is 4.16. The van der Waals surface area contributed by atoms with E-state index in [2.05, 4.69) is 22.9 Å². The van der Waals surface area contributed by atoms with E-state index in [0.717, 1.165) is 52.2 Å². The number of hydrogen-bond donors (Lipinski definition) is 0. The fourth-order valence-electron chi connectivity index (χ4n) is 2.62. The molecule has 1 unspecified atom stereocenters. The van der Waals surface area contributed by atoms with Gasteiger partial charge in [-0.3, -0.25) is 4.90 Å². The van der Waals surface area contributed by atoms with Gasteiger partial charge in [0.15, 0.2) is 0 Å². The van der Waals surface area contributed by atoms with Crippen molar-refractivity contribution < 1.29 is 4.74 Å². The van der Waals surface area contributed by atoms with Crippen molar-refractivity contribution in [1.82, 2.24) is 9.80 Å². The normalized spacial score (nSPS) is 27.5. The second-order valence-corrected chi connectivity index (χ2v) is 4.86. The number of likely N-dealkylation sites (N-methyl/N-ethyl adjacent to an activating group) is 1. The van der Waals surface area contributed by atoms with Crippen LogP contribution in [0, 0.1) is 17.2 Å². The molecule has 2 fully saturated rings. The van der Waals surface area contributed by atoms with Crippen LogP contribution in [0.5, 0.6) is 0 Å². The summed E-state index contributed by atoms with van der Waals surface area (Å²) in [7, 11) is 2.15. The highest BCUT2D eigenvalue weighted by Crippen LogP contribution is 2.23. The molecule has 16 heavy (non-hydrogen) atoms. The van der Waals surface area contributed by atoms with Crippen LogP contribution in [0.3, 0.4) is 0 Å². The third-order valence-electron chi connectivity index (χ3n) is 3.78. The molecule has 2 heterocycles. The summed E-state index contributed by atoms with van der Waals surface area (Å²) < 4.78 is 5.36. The number of ether oxygens (including phenoxy) is 1. The molecule has 0 aliphatic carbocycles. The molecule has 4 heteroatoms. The van der Waals surface area contributed by atoms with Crippen molar-refractivity contribution in [2.24, 2.45) is 5.92 Å². The van der Waals surface area contributed by atoms with Gasteiger partial charge in [0.05, 0.1) is 6.07 Å². The predicted octanol–water partition coefficient (Wildman–Crippen LogP) is 0.553. The zero-order valence-electron chi connectivity index (χ0n) is 10.1. The van der Waals surface area contributed by atoms with Crippen molar-refractivity contribution in [3.63, 3.8) is 0 Å². The van der Waals surface area contributed by atoms with Crippen LogP contribution in [-0.4, -0.2) is 62.3 Å². The molecule has 2 rings (SSSR count). The summed E-state index contributed by atoms with van der Waals surface area (Å²) in [6, 6.07) is 2.62. The Labute approximate surface area is 97.8 Å². The Balaban J connectivity index is 1.91. The molecule has 4 nitrogen and oxygen atoms in total. The van der Waals surface area contributed by atoms with E-state index in [1.54, 1.807) is 0 Å². The van der Waals surface area contributed by atoms with Gasteiger partial charge in [-0.25, -0.2) is 0 Å². The third-order valence-corrected chi connectivity index (χ3v) is 3.78. The first kappa shape index (κ1) is 11.8. The van der Waals surface area contributed by atoms with Crippen LogP contribution in [0.2, 0.25) is 0 Å². The van der Waals surface area contributed by atoms with Gasteiger partial charge in [-0.1, -0.05) is 0 Å². The number of piperazine rings is 1. The molecule has 0 aromatic rings. The number of nitrogens with zero attached hydrogens (tertiary/aromatic N) is 3. The number of rotatable bonds is 2. The monoisotopic (exact) mass is 223 g/mol. The lowest BCUT2D eigenvalue weighted by Gasteiger charge is -2.39. The maximum Gasteiger partial charge on any atom is 0.101 e. The standard InChI is InChI=1S/C12H21N3O/c1-14-4-6-15(7-5-14)12(10-13)11-2-8-16-9-3-11/h11-12H,2-9H2,1H3. The lowest BCUT2D eigenvalue weighted by atomic mass is 9.91. The van der Waals surface area contributed by atoms with Crippen molar-refractivity contribution in [2.75, 3.05) is 46.4 Å². The SMILES string of the molecule is CN1CCN(C(C#N)C2CCOCC2)CC1. The topological polar surface area (TPSA) is 39.5 Å². The first-order valence-corrected chi connectivity index (χ1v) is 6.21. The lowest BCUT2D eigenvalue weighted by Crippen LogP contribution is -2.51. The smallest absolute Gasteiger partial charge is 0.101 e. The van der Waals surface area contributed by atoms with Gasteiger partial charge in [-0.2, -0.15) is 5.26 Å². The molecule has 0 radical (unpaired) electrons. The molecule has 0 saturated carbocycles. The highest BCUT2D eigenvalue weighted by molar-refractivity contribution is 4.98. The minimum absolute atomic E-state index is 0.109. The predicted molar refractivity (Wildman–Crippen MR) is 62.0 cm³/mol.